The van der Waals surface area contributed by atoms with Gasteiger partial charge in [-0.25, -0.2) is 14.4 Å². The van der Waals surface area contributed by atoms with Crippen LogP contribution in [0.2, 0.25) is 0 Å². The van der Waals surface area contributed by atoms with Crippen LogP contribution in [0.4, 0.5) is 10.1 Å². The Hall–Kier alpha value is -3.46. The fourth-order valence-electron chi connectivity index (χ4n) is 7.77. The van der Waals surface area contributed by atoms with Crippen LogP contribution in [0.1, 0.15) is 53.0 Å². The van der Waals surface area contributed by atoms with E-state index in [2.05, 4.69) is 55.1 Å². The Morgan fingerprint density at radius 3 is 2.58 bits per heavy atom. The van der Waals surface area contributed by atoms with Gasteiger partial charge in [0, 0.05) is 43.5 Å². The van der Waals surface area contributed by atoms with Gasteiger partial charge in [-0.05, 0) is 86.1 Å². The number of methoxy groups -OCH3 is 1. The van der Waals surface area contributed by atoms with Gasteiger partial charge in [-0.2, -0.15) is 0 Å². The lowest BCUT2D eigenvalue weighted by atomic mass is 9.45. The molecule has 0 unspecified atom stereocenters. The fourth-order valence-corrected chi connectivity index (χ4v) is 7.77. The molecule has 2 aromatic carbocycles. The second-order valence-corrected chi connectivity index (χ2v) is 13.7. The fraction of sp³-hybridized carbons (Fsp3) is 0.559. The summed E-state index contributed by atoms with van der Waals surface area (Å²) < 4.78 is 21.1. The number of hydrogen-bond acceptors (Lipinski definition) is 5. The Balaban J connectivity index is 1.23. The molecule has 2 heterocycles. The highest BCUT2D eigenvalue weighted by atomic mass is 19.1. The molecule has 8 nitrogen and oxygen atoms in total. The van der Waals surface area contributed by atoms with Crippen molar-refractivity contribution in [3.05, 3.63) is 64.5 Å². The number of rotatable bonds is 6. The van der Waals surface area contributed by atoms with Crippen molar-refractivity contribution in [1.29, 1.82) is 0 Å². The van der Waals surface area contributed by atoms with E-state index in [1.165, 1.54) is 19.6 Å². The maximum absolute atomic E-state index is 14.4. The number of hydrogen-bond donors (Lipinski definition) is 2. The minimum absolute atomic E-state index is 0.137. The van der Waals surface area contributed by atoms with Crippen LogP contribution in [0, 0.1) is 29.0 Å². The number of piperazine rings is 1. The van der Waals surface area contributed by atoms with Crippen LogP contribution in [0.3, 0.4) is 0 Å². The first-order valence-electron chi connectivity index (χ1n) is 15.7. The molecule has 2 N–H and O–H groups in total. The molecule has 0 spiro atoms. The predicted molar refractivity (Wildman–Crippen MR) is 170 cm³/mol. The van der Waals surface area contributed by atoms with Gasteiger partial charge in [0.2, 0.25) is 0 Å². The van der Waals surface area contributed by atoms with Gasteiger partial charge in [0.15, 0.2) is 5.96 Å². The van der Waals surface area contributed by atoms with E-state index >= 15 is 0 Å². The number of halogens is 1. The summed E-state index contributed by atoms with van der Waals surface area (Å²) in [6.07, 6.45) is 4.39. The van der Waals surface area contributed by atoms with Crippen LogP contribution in [-0.2, 0) is 13.0 Å². The first-order valence-corrected chi connectivity index (χ1v) is 15.7. The summed E-state index contributed by atoms with van der Waals surface area (Å²) in [7, 11) is 1.51. The normalized spacial score (nSPS) is 28.4. The lowest BCUT2D eigenvalue weighted by molar-refractivity contribution is -0.108. The van der Waals surface area contributed by atoms with Crippen molar-refractivity contribution in [3.8, 4) is 5.75 Å². The summed E-state index contributed by atoms with van der Waals surface area (Å²) in [4.78, 5) is 25.7. The monoisotopic (exact) mass is 588 g/mol. The Labute approximate surface area is 253 Å². The van der Waals surface area contributed by atoms with Crippen molar-refractivity contribution in [3.63, 3.8) is 0 Å². The van der Waals surface area contributed by atoms with Gasteiger partial charge in [-0.15, -0.1) is 0 Å². The van der Waals surface area contributed by atoms with E-state index in [0.717, 1.165) is 43.0 Å². The molecule has 3 aliphatic carbocycles. The van der Waals surface area contributed by atoms with Gasteiger partial charge >= 0.3 is 0 Å². The number of anilines is 1. The Kier molecular flexibility index (Phi) is 7.96. The molecule has 3 aromatic rings. The van der Waals surface area contributed by atoms with Crippen LogP contribution in [0.25, 0.3) is 10.9 Å². The number of aliphatic imine (C=N–C) groups is 1. The van der Waals surface area contributed by atoms with E-state index < -0.39 is 0 Å². The summed E-state index contributed by atoms with van der Waals surface area (Å²) in [6.45, 7) is 13.7. The van der Waals surface area contributed by atoms with E-state index in [4.69, 9.17) is 9.73 Å². The van der Waals surface area contributed by atoms with Crippen molar-refractivity contribution in [1.82, 2.24) is 19.8 Å². The SMILES string of the molecule is COc1ccc(CCn2cnc3cc(NC(=N[C@H]4C[C@@H]5C[C@H]([C@@H]4C)C5(C)C)N4C[C@@H](C)N[C@@H](C)C4)ccc3c2=O)c(F)c1. The second kappa shape index (κ2) is 11.6. The number of guanidine groups is 1. The number of fused-ring (bicyclic) bond motifs is 3. The highest BCUT2D eigenvalue weighted by Gasteiger charge is 2.56. The molecule has 4 aliphatic rings. The van der Waals surface area contributed by atoms with Gasteiger partial charge in [-0.3, -0.25) is 9.36 Å². The van der Waals surface area contributed by atoms with Gasteiger partial charge in [0.25, 0.3) is 5.56 Å². The zero-order valence-electron chi connectivity index (χ0n) is 26.2. The molecule has 4 fully saturated rings. The molecule has 3 saturated carbocycles. The molecule has 1 aromatic heterocycles. The van der Waals surface area contributed by atoms with Crippen molar-refractivity contribution >= 4 is 22.5 Å². The highest BCUT2D eigenvalue weighted by molar-refractivity contribution is 5.96. The van der Waals surface area contributed by atoms with E-state index in [1.54, 1.807) is 23.0 Å². The van der Waals surface area contributed by atoms with Crippen molar-refractivity contribution in [2.45, 2.75) is 78.6 Å². The Morgan fingerprint density at radius 2 is 1.91 bits per heavy atom. The largest absolute Gasteiger partial charge is 0.497 e. The van der Waals surface area contributed by atoms with Gasteiger partial charge < -0.3 is 20.3 Å². The number of nitrogens with zero attached hydrogens (tertiary/aromatic N) is 4. The molecule has 1 aliphatic heterocycles. The zero-order chi connectivity index (χ0) is 30.5. The predicted octanol–water partition coefficient (Wildman–Crippen LogP) is 5.31. The standard InChI is InChI=1S/C34H45FN6O2/c1-20-17-41(18-21(2)37-20)33(39-30-14-24-13-28(22(30)3)34(24,4)5)38-25-8-10-27-31(15-25)36-19-40(32(27)42)12-11-23-7-9-26(43-6)16-29(23)35/h7-10,15-16,19-22,24,28,30,37H,11-14,17-18H2,1-6H3,(H,38,39)/t20-,21+,22-,24-,28+,30-/m0/s1. The maximum Gasteiger partial charge on any atom is 0.261 e. The first-order chi connectivity index (χ1) is 20.5. The Morgan fingerprint density at radius 1 is 1.14 bits per heavy atom. The molecule has 230 valence electrons. The molecule has 9 heteroatoms. The summed E-state index contributed by atoms with van der Waals surface area (Å²) in [5.41, 5.74) is 2.30. The van der Waals surface area contributed by atoms with Crippen molar-refractivity contribution in [2.24, 2.45) is 28.2 Å². The van der Waals surface area contributed by atoms with Crippen LogP contribution >= 0.6 is 0 Å². The number of nitrogens with one attached hydrogen (secondary N) is 2. The van der Waals surface area contributed by atoms with Crippen LogP contribution < -0.4 is 20.9 Å². The quantitative estimate of drug-likeness (QED) is 0.300. The molecule has 0 amide bonds. The minimum atomic E-state index is -0.342. The zero-order valence-corrected chi connectivity index (χ0v) is 26.2. The molecule has 7 rings (SSSR count). The third kappa shape index (κ3) is 5.76. The van der Waals surface area contributed by atoms with Gasteiger partial charge in [0.1, 0.15) is 11.6 Å². The Bertz CT molecular complexity index is 1570. The van der Waals surface area contributed by atoms with Gasteiger partial charge in [0.05, 0.1) is 30.4 Å². The number of aromatic nitrogens is 2. The number of ether oxygens (including phenoxy) is 1. The third-order valence-electron chi connectivity index (χ3n) is 10.4. The molecular weight excluding hydrogens is 543 g/mol. The van der Waals surface area contributed by atoms with Crippen LogP contribution in [0.15, 0.2) is 52.5 Å². The summed E-state index contributed by atoms with van der Waals surface area (Å²) >= 11 is 0. The minimum Gasteiger partial charge on any atom is -0.497 e. The lowest BCUT2D eigenvalue weighted by Crippen LogP contribution is -2.59. The molecular formula is C34H45FN6O2. The lowest BCUT2D eigenvalue weighted by Gasteiger charge is -2.61. The average Bonchev–Trinajstić information content (AvgIpc) is 2.97. The molecule has 1 saturated heterocycles. The van der Waals surface area contributed by atoms with Gasteiger partial charge in [-0.1, -0.05) is 26.8 Å². The van der Waals surface area contributed by atoms with E-state index in [-0.39, 0.29) is 11.4 Å². The maximum atomic E-state index is 14.4. The van der Waals surface area contributed by atoms with Crippen LogP contribution in [0.5, 0.6) is 5.75 Å². The number of benzene rings is 2. The number of aryl methyl sites for hydroxylation is 2. The average molecular weight is 589 g/mol. The van der Waals surface area contributed by atoms with Crippen molar-refractivity contribution in [2.75, 3.05) is 25.5 Å². The smallest absolute Gasteiger partial charge is 0.261 e. The molecule has 6 atom stereocenters. The van der Waals surface area contributed by atoms with Crippen LogP contribution in [-0.4, -0.2) is 58.7 Å². The van der Waals surface area contributed by atoms with Crippen molar-refractivity contribution < 1.29 is 9.13 Å². The topological polar surface area (TPSA) is 83.8 Å². The summed E-state index contributed by atoms with van der Waals surface area (Å²) in [5.74, 6) is 3.03. The summed E-state index contributed by atoms with van der Waals surface area (Å²) in [6, 6.07) is 11.5. The summed E-state index contributed by atoms with van der Waals surface area (Å²) in [5, 5.41) is 7.81. The third-order valence-corrected chi connectivity index (χ3v) is 10.4. The highest BCUT2D eigenvalue weighted by Crippen LogP contribution is 2.61. The van der Waals surface area contributed by atoms with E-state index in [0.29, 0.717) is 64.6 Å². The molecule has 43 heavy (non-hydrogen) atoms. The first kappa shape index (κ1) is 29.6. The van der Waals surface area contributed by atoms with E-state index in [9.17, 15) is 9.18 Å². The van der Waals surface area contributed by atoms with E-state index in [1.807, 2.05) is 18.2 Å². The molecule has 2 bridgehead atoms. The second-order valence-electron chi connectivity index (χ2n) is 13.7. The molecule has 0 radical (unpaired) electrons.